The van der Waals surface area contributed by atoms with Gasteiger partial charge < -0.3 is 10.1 Å². The van der Waals surface area contributed by atoms with Gasteiger partial charge in [0.25, 0.3) is 0 Å². The zero-order valence-electron chi connectivity index (χ0n) is 7.92. The van der Waals surface area contributed by atoms with Crippen LogP contribution in [0.2, 0.25) is 0 Å². The quantitative estimate of drug-likeness (QED) is 0.695. The summed E-state index contributed by atoms with van der Waals surface area (Å²) in [4.78, 5) is 11.4. The van der Waals surface area contributed by atoms with Crippen LogP contribution >= 0.6 is 0 Å². The Labute approximate surface area is 78.8 Å². The molecule has 1 N–H and O–H groups in total. The summed E-state index contributed by atoms with van der Waals surface area (Å²) in [5.74, 6) is 0.607. The molecule has 2 fully saturated rings. The van der Waals surface area contributed by atoms with E-state index in [0.29, 0.717) is 12.0 Å². The molecular weight excluding hydrogens is 166 g/mol. The van der Waals surface area contributed by atoms with Crippen molar-refractivity contribution in [2.75, 3.05) is 13.2 Å². The number of hydrogen-bond donors (Lipinski definition) is 1. The molecule has 1 amide bonds. The van der Waals surface area contributed by atoms with Gasteiger partial charge in [-0.2, -0.15) is 0 Å². The summed E-state index contributed by atoms with van der Waals surface area (Å²) in [5.41, 5.74) is 0. The molecule has 3 heteroatoms. The second kappa shape index (κ2) is 4.09. The average molecular weight is 183 g/mol. The first-order chi connectivity index (χ1) is 6.36. The van der Waals surface area contributed by atoms with Crippen LogP contribution in [0, 0.1) is 5.92 Å². The van der Waals surface area contributed by atoms with Gasteiger partial charge in [-0.15, -0.1) is 0 Å². The van der Waals surface area contributed by atoms with Crippen LogP contribution in [0.5, 0.6) is 0 Å². The van der Waals surface area contributed by atoms with Crippen LogP contribution in [0.1, 0.15) is 32.1 Å². The summed E-state index contributed by atoms with van der Waals surface area (Å²) in [6, 6.07) is 0.371. The van der Waals surface area contributed by atoms with Gasteiger partial charge in [-0.1, -0.05) is 0 Å². The van der Waals surface area contributed by atoms with Crippen molar-refractivity contribution in [1.29, 1.82) is 0 Å². The van der Waals surface area contributed by atoms with Gasteiger partial charge in [-0.3, -0.25) is 4.79 Å². The van der Waals surface area contributed by atoms with Crippen LogP contribution in [0.25, 0.3) is 0 Å². The average Bonchev–Trinajstić information content (AvgIpc) is 2.92. The zero-order valence-corrected chi connectivity index (χ0v) is 7.92. The monoisotopic (exact) mass is 183 g/mol. The maximum absolute atomic E-state index is 11.4. The molecule has 0 aromatic carbocycles. The standard InChI is InChI=1S/C10H17NO2/c12-10(8-3-4-8)11-9-2-1-6-13-7-5-9/h8-9H,1-7H2,(H,11,12). The van der Waals surface area contributed by atoms with Crippen LogP contribution < -0.4 is 5.32 Å². The third-order valence-electron chi connectivity index (χ3n) is 2.75. The Morgan fingerprint density at radius 3 is 2.77 bits per heavy atom. The van der Waals surface area contributed by atoms with Crippen molar-refractivity contribution in [3.63, 3.8) is 0 Å². The highest BCUT2D eigenvalue weighted by Gasteiger charge is 2.30. The Morgan fingerprint density at radius 1 is 1.15 bits per heavy atom. The molecule has 1 heterocycles. The Hall–Kier alpha value is -0.570. The molecule has 1 atom stereocenters. The summed E-state index contributed by atoms with van der Waals surface area (Å²) < 4.78 is 5.33. The van der Waals surface area contributed by atoms with Crippen molar-refractivity contribution in [2.45, 2.75) is 38.1 Å². The van der Waals surface area contributed by atoms with E-state index in [-0.39, 0.29) is 5.91 Å². The molecule has 1 saturated carbocycles. The molecule has 0 bridgehead atoms. The Balaban J connectivity index is 1.74. The third kappa shape index (κ3) is 2.69. The molecule has 74 valence electrons. The Morgan fingerprint density at radius 2 is 2.00 bits per heavy atom. The highest BCUT2D eigenvalue weighted by Crippen LogP contribution is 2.29. The highest BCUT2D eigenvalue weighted by atomic mass is 16.5. The minimum atomic E-state index is 0.270. The highest BCUT2D eigenvalue weighted by molar-refractivity contribution is 5.81. The number of carbonyl (C=O) groups excluding carboxylic acids is 1. The summed E-state index contributed by atoms with van der Waals surface area (Å²) in [6.07, 6.45) is 5.33. The number of nitrogens with one attached hydrogen (secondary N) is 1. The summed E-state index contributed by atoms with van der Waals surface area (Å²) in [5, 5.41) is 3.10. The lowest BCUT2D eigenvalue weighted by atomic mass is 10.1. The van der Waals surface area contributed by atoms with E-state index in [4.69, 9.17) is 4.74 Å². The van der Waals surface area contributed by atoms with Crippen LogP contribution in [0.15, 0.2) is 0 Å². The molecule has 13 heavy (non-hydrogen) atoms. The molecule has 2 aliphatic rings. The van der Waals surface area contributed by atoms with Crippen LogP contribution in [0.4, 0.5) is 0 Å². The molecule has 1 unspecified atom stereocenters. The van der Waals surface area contributed by atoms with Crippen molar-refractivity contribution in [3.8, 4) is 0 Å². The van der Waals surface area contributed by atoms with Crippen LogP contribution in [-0.2, 0) is 9.53 Å². The summed E-state index contributed by atoms with van der Waals surface area (Å²) >= 11 is 0. The lowest BCUT2D eigenvalue weighted by molar-refractivity contribution is -0.123. The van der Waals surface area contributed by atoms with E-state index in [9.17, 15) is 4.79 Å². The normalized spacial score (nSPS) is 29.4. The molecule has 0 aromatic heterocycles. The molecule has 1 aliphatic carbocycles. The zero-order chi connectivity index (χ0) is 9.10. The van der Waals surface area contributed by atoms with E-state index in [0.717, 1.165) is 45.3 Å². The van der Waals surface area contributed by atoms with Crippen molar-refractivity contribution in [2.24, 2.45) is 5.92 Å². The van der Waals surface area contributed by atoms with E-state index in [1.165, 1.54) is 0 Å². The van der Waals surface area contributed by atoms with Crippen molar-refractivity contribution < 1.29 is 9.53 Å². The fourth-order valence-electron chi connectivity index (χ4n) is 1.71. The van der Waals surface area contributed by atoms with Gasteiger partial charge in [-0.05, 0) is 32.1 Å². The molecule has 1 saturated heterocycles. The van der Waals surface area contributed by atoms with E-state index < -0.39 is 0 Å². The predicted octanol–water partition coefficient (Wildman–Crippen LogP) is 1.08. The second-order valence-corrected chi connectivity index (χ2v) is 4.02. The van der Waals surface area contributed by atoms with Gasteiger partial charge >= 0.3 is 0 Å². The number of rotatable bonds is 2. The molecular formula is C10H17NO2. The van der Waals surface area contributed by atoms with Gasteiger partial charge in [0.15, 0.2) is 0 Å². The first kappa shape index (κ1) is 9.00. The fourth-order valence-corrected chi connectivity index (χ4v) is 1.71. The van der Waals surface area contributed by atoms with Gasteiger partial charge in [0, 0.05) is 25.2 Å². The maximum atomic E-state index is 11.4. The minimum absolute atomic E-state index is 0.270. The minimum Gasteiger partial charge on any atom is -0.381 e. The molecule has 0 radical (unpaired) electrons. The molecule has 0 spiro atoms. The van der Waals surface area contributed by atoms with Gasteiger partial charge in [0.05, 0.1) is 0 Å². The number of amides is 1. The fraction of sp³-hybridized carbons (Fsp3) is 0.900. The first-order valence-corrected chi connectivity index (χ1v) is 5.24. The first-order valence-electron chi connectivity index (χ1n) is 5.24. The Bertz CT molecular complexity index is 181. The number of ether oxygens (including phenoxy) is 1. The predicted molar refractivity (Wildman–Crippen MR) is 49.3 cm³/mol. The summed E-state index contributed by atoms with van der Waals surface area (Å²) in [6.45, 7) is 1.66. The largest absolute Gasteiger partial charge is 0.381 e. The lowest BCUT2D eigenvalue weighted by Gasteiger charge is -2.14. The molecule has 1 aliphatic heterocycles. The second-order valence-electron chi connectivity index (χ2n) is 4.02. The topological polar surface area (TPSA) is 38.3 Å². The van der Waals surface area contributed by atoms with Gasteiger partial charge in [0.2, 0.25) is 5.91 Å². The van der Waals surface area contributed by atoms with Gasteiger partial charge in [0.1, 0.15) is 0 Å². The third-order valence-corrected chi connectivity index (χ3v) is 2.75. The van der Waals surface area contributed by atoms with E-state index in [2.05, 4.69) is 5.32 Å². The summed E-state index contributed by atoms with van der Waals surface area (Å²) in [7, 11) is 0. The Kier molecular flexibility index (Phi) is 2.83. The maximum Gasteiger partial charge on any atom is 0.223 e. The van der Waals surface area contributed by atoms with Crippen LogP contribution in [0.3, 0.4) is 0 Å². The molecule has 3 nitrogen and oxygen atoms in total. The lowest BCUT2D eigenvalue weighted by Crippen LogP contribution is -2.35. The molecule has 0 aromatic rings. The number of carbonyl (C=O) groups is 1. The van der Waals surface area contributed by atoms with Crippen LogP contribution in [-0.4, -0.2) is 25.2 Å². The van der Waals surface area contributed by atoms with E-state index >= 15 is 0 Å². The van der Waals surface area contributed by atoms with Gasteiger partial charge in [-0.25, -0.2) is 0 Å². The molecule has 2 rings (SSSR count). The van der Waals surface area contributed by atoms with Crippen molar-refractivity contribution in [1.82, 2.24) is 5.32 Å². The SMILES string of the molecule is O=C(NC1CCCOCC1)C1CC1. The van der Waals surface area contributed by atoms with Crippen molar-refractivity contribution >= 4 is 5.91 Å². The van der Waals surface area contributed by atoms with E-state index in [1.807, 2.05) is 0 Å². The smallest absolute Gasteiger partial charge is 0.223 e. The number of hydrogen-bond acceptors (Lipinski definition) is 2. The van der Waals surface area contributed by atoms with E-state index in [1.54, 1.807) is 0 Å². The van der Waals surface area contributed by atoms with Crippen molar-refractivity contribution in [3.05, 3.63) is 0 Å².